The number of thioether (sulfide) groups is 1. The summed E-state index contributed by atoms with van der Waals surface area (Å²) in [6, 6.07) is 16.8. The predicted molar refractivity (Wildman–Crippen MR) is 91.2 cm³/mol. The number of hydrogen-bond acceptors (Lipinski definition) is 5. The zero-order valence-electron chi connectivity index (χ0n) is 12.2. The number of H-pyrrole nitrogens is 1. The monoisotopic (exact) mass is 325 g/mol. The molecule has 3 rings (SSSR count). The molecule has 0 fully saturated rings. The number of amides is 1. The zero-order chi connectivity index (χ0) is 16.1. The molecule has 23 heavy (non-hydrogen) atoms. The molecule has 0 unspecified atom stereocenters. The number of nitrogens with zero attached hydrogens (tertiary/aromatic N) is 2. The van der Waals surface area contributed by atoms with E-state index in [1.165, 1.54) is 11.8 Å². The third-order valence-corrected chi connectivity index (χ3v) is 4.02. The summed E-state index contributed by atoms with van der Waals surface area (Å²) in [5.41, 5.74) is 7.95. The number of anilines is 2. The standard InChI is InChI=1S/C16H15N5OS/c17-15-19-16(21-20-15)23-10-11-6-8-12(9-7-11)14(22)18-13-4-2-1-3-5-13/h1-9H,10H2,(H,18,22)(H3,17,19,20,21). The Labute approximate surface area is 137 Å². The molecule has 0 aliphatic carbocycles. The molecule has 3 aromatic rings. The Morgan fingerprint density at radius 1 is 1.13 bits per heavy atom. The highest BCUT2D eigenvalue weighted by Crippen LogP contribution is 2.20. The highest BCUT2D eigenvalue weighted by Gasteiger charge is 2.07. The molecular weight excluding hydrogens is 310 g/mol. The van der Waals surface area contributed by atoms with E-state index in [1.807, 2.05) is 42.5 Å². The third kappa shape index (κ3) is 4.10. The molecule has 1 aromatic heterocycles. The van der Waals surface area contributed by atoms with Crippen LogP contribution >= 0.6 is 11.8 Å². The fraction of sp³-hybridized carbons (Fsp3) is 0.0625. The molecule has 6 nitrogen and oxygen atoms in total. The van der Waals surface area contributed by atoms with E-state index in [-0.39, 0.29) is 5.91 Å². The van der Waals surface area contributed by atoms with Crippen LogP contribution in [0, 0.1) is 0 Å². The number of aromatic amines is 1. The summed E-state index contributed by atoms with van der Waals surface area (Å²) in [4.78, 5) is 16.2. The summed E-state index contributed by atoms with van der Waals surface area (Å²) in [6.07, 6.45) is 0. The average molecular weight is 325 g/mol. The lowest BCUT2D eigenvalue weighted by Crippen LogP contribution is -2.11. The van der Waals surface area contributed by atoms with Crippen molar-refractivity contribution in [1.29, 1.82) is 0 Å². The summed E-state index contributed by atoms with van der Waals surface area (Å²) < 4.78 is 0. The van der Waals surface area contributed by atoms with Crippen molar-refractivity contribution in [2.24, 2.45) is 0 Å². The molecule has 1 amide bonds. The van der Waals surface area contributed by atoms with Crippen LogP contribution in [0.4, 0.5) is 11.6 Å². The van der Waals surface area contributed by atoms with Crippen molar-refractivity contribution in [2.45, 2.75) is 10.9 Å². The minimum atomic E-state index is -0.128. The van der Waals surface area contributed by atoms with Crippen molar-refractivity contribution < 1.29 is 4.79 Å². The lowest BCUT2D eigenvalue weighted by molar-refractivity contribution is 0.102. The highest BCUT2D eigenvalue weighted by atomic mass is 32.2. The first kappa shape index (κ1) is 15.1. The fourth-order valence-electron chi connectivity index (χ4n) is 1.95. The molecule has 116 valence electrons. The minimum Gasteiger partial charge on any atom is -0.368 e. The van der Waals surface area contributed by atoms with Gasteiger partial charge in [0.05, 0.1) is 0 Å². The lowest BCUT2D eigenvalue weighted by Gasteiger charge is -2.06. The maximum atomic E-state index is 12.2. The van der Waals surface area contributed by atoms with Gasteiger partial charge in [-0.2, -0.15) is 4.98 Å². The van der Waals surface area contributed by atoms with Gasteiger partial charge in [-0.3, -0.25) is 4.79 Å². The number of nitrogen functional groups attached to an aromatic ring is 1. The van der Waals surface area contributed by atoms with Gasteiger partial charge in [0.1, 0.15) is 0 Å². The van der Waals surface area contributed by atoms with Crippen molar-refractivity contribution in [3.8, 4) is 0 Å². The molecule has 7 heteroatoms. The Hall–Kier alpha value is -2.80. The molecule has 4 N–H and O–H groups in total. The number of nitrogens with two attached hydrogens (primary N) is 1. The van der Waals surface area contributed by atoms with E-state index in [0.29, 0.717) is 22.4 Å². The number of hydrogen-bond donors (Lipinski definition) is 3. The molecular formula is C16H15N5OS. The number of benzene rings is 2. The number of para-hydroxylation sites is 1. The molecule has 0 atom stereocenters. The van der Waals surface area contributed by atoms with Gasteiger partial charge in [-0.25, -0.2) is 5.10 Å². The largest absolute Gasteiger partial charge is 0.368 e. The molecule has 0 saturated heterocycles. The smallest absolute Gasteiger partial charge is 0.255 e. The van der Waals surface area contributed by atoms with Gasteiger partial charge in [-0.05, 0) is 29.8 Å². The van der Waals surface area contributed by atoms with Crippen LogP contribution in [0.3, 0.4) is 0 Å². The number of carbonyl (C=O) groups is 1. The second kappa shape index (κ2) is 6.97. The van der Waals surface area contributed by atoms with Gasteiger partial charge in [0.2, 0.25) is 11.1 Å². The SMILES string of the molecule is Nc1nc(SCc2ccc(C(=O)Nc3ccccc3)cc2)n[nH]1. The number of carbonyl (C=O) groups excluding carboxylic acids is 1. The molecule has 0 bridgehead atoms. The summed E-state index contributed by atoms with van der Waals surface area (Å²) in [7, 11) is 0. The van der Waals surface area contributed by atoms with Crippen LogP contribution in [0.1, 0.15) is 15.9 Å². The molecule has 1 heterocycles. The van der Waals surface area contributed by atoms with E-state index in [1.54, 1.807) is 12.1 Å². The molecule has 2 aromatic carbocycles. The predicted octanol–water partition coefficient (Wildman–Crippen LogP) is 2.93. The molecule has 0 aliphatic heterocycles. The Balaban J connectivity index is 1.59. The van der Waals surface area contributed by atoms with Gasteiger partial charge in [0.15, 0.2) is 0 Å². The first-order chi connectivity index (χ1) is 11.2. The van der Waals surface area contributed by atoms with Gasteiger partial charge < -0.3 is 11.1 Å². The minimum absolute atomic E-state index is 0.128. The Morgan fingerprint density at radius 3 is 2.52 bits per heavy atom. The van der Waals surface area contributed by atoms with Crippen LogP contribution in [-0.4, -0.2) is 21.1 Å². The third-order valence-electron chi connectivity index (χ3n) is 3.10. The number of rotatable bonds is 5. The topological polar surface area (TPSA) is 96.7 Å². The Kier molecular flexibility index (Phi) is 4.58. The highest BCUT2D eigenvalue weighted by molar-refractivity contribution is 7.98. The molecule has 0 saturated carbocycles. The van der Waals surface area contributed by atoms with E-state index in [4.69, 9.17) is 5.73 Å². The average Bonchev–Trinajstić information content (AvgIpc) is 3.00. The van der Waals surface area contributed by atoms with Crippen molar-refractivity contribution >= 4 is 29.3 Å². The van der Waals surface area contributed by atoms with Crippen molar-refractivity contribution in [3.63, 3.8) is 0 Å². The van der Waals surface area contributed by atoms with E-state index in [2.05, 4.69) is 20.5 Å². The normalized spacial score (nSPS) is 10.4. The van der Waals surface area contributed by atoms with E-state index < -0.39 is 0 Å². The van der Waals surface area contributed by atoms with Gasteiger partial charge in [0, 0.05) is 17.0 Å². The van der Waals surface area contributed by atoms with Crippen LogP contribution in [0.25, 0.3) is 0 Å². The molecule has 0 radical (unpaired) electrons. The lowest BCUT2D eigenvalue weighted by atomic mass is 10.1. The maximum absolute atomic E-state index is 12.2. The van der Waals surface area contributed by atoms with E-state index >= 15 is 0 Å². The van der Waals surface area contributed by atoms with Crippen LogP contribution in [0.2, 0.25) is 0 Å². The van der Waals surface area contributed by atoms with Crippen LogP contribution in [0.5, 0.6) is 0 Å². The summed E-state index contributed by atoms with van der Waals surface area (Å²) in [5, 5.41) is 10.0. The van der Waals surface area contributed by atoms with Gasteiger partial charge in [-0.1, -0.05) is 42.1 Å². The van der Waals surface area contributed by atoms with Crippen molar-refractivity contribution in [3.05, 3.63) is 65.7 Å². The maximum Gasteiger partial charge on any atom is 0.255 e. The summed E-state index contributed by atoms with van der Waals surface area (Å²) >= 11 is 1.48. The Morgan fingerprint density at radius 2 is 1.87 bits per heavy atom. The number of aromatic nitrogens is 3. The fourth-order valence-corrected chi connectivity index (χ4v) is 2.71. The quantitative estimate of drug-likeness (QED) is 0.627. The van der Waals surface area contributed by atoms with Crippen molar-refractivity contribution in [2.75, 3.05) is 11.1 Å². The summed E-state index contributed by atoms with van der Waals surface area (Å²) in [6.45, 7) is 0. The summed E-state index contributed by atoms with van der Waals surface area (Å²) in [5.74, 6) is 0.885. The van der Waals surface area contributed by atoms with Crippen LogP contribution in [-0.2, 0) is 5.75 Å². The molecule has 0 aliphatic rings. The second-order valence-corrected chi connectivity index (χ2v) is 5.75. The first-order valence-electron chi connectivity index (χ1n) is 6.97. The van der Waals surface area contributed by atoms with E-state index in [0.717, 1.165) is 11.3 Å². The van der Waals surface area contributed by atoms with Gasteiger partial charge in [0.25, 0.3) is 5.91 Å². The van der Waals surface area contributed by atoms with E-state index in [9.17, 15) is 4.79 Å². The zero-order valence-corrected chi connectivity index (χ0v) is 13.0. The molecule has 0 spiro atoms. The number of nitrogens with one attached hydrogen (secondary N) is 2. The first-order valence-corrected chi connectivity index (χ1v) is 7.95. The van der Waals surface area contributed by atoms with Crippen LogP contribution < -0.4 is 11.1 Å². The van der Waals surface area contributed by atoms with Gasteiger partial charge >= 0.3 is 0 Å². The van der Waals surface area contributed by atoms with Crippen molar-refractivity contribution in [1.82, 2.24) is 15.2 Å². The van der Waals surface area contributed by atoms with Gasteiger partial charge in [-0.15, -0.1) is 5.10 Å². The second-order valence-electron chi connectivity index (χ2n) is 4.81. The van der Waals surface area contributed by atoms with Crippen LogP contribution in [0.15, 0.2) is 59.8 Å². The Bertz CT molecular complexity index is 786.